The molecule has 3 aliphatic carbocycles. The number of rotatable bonds is 5. The summed E-state index contributed by atoms with van der Waals surface area (Å²) in [7, 11) is 0. The van der Waals surface area contributed by atoms with Gasteiger partial charge in [-0.15, -0.1) is 0 Å². The van der Waals surface area contributed by atoms with Crippen molar-refractivity contribution in [3.63, 3.8) is 0 Å². The molecule has 4 aliphatic rings. The molecule has 1 N–H and O–H groups in total. The Bertz CT molecular complexity index is 798. The van der Waals surface area contributed by atoms with E-state index in [0.717, 1.165) is 16.7 Å². The number of likely N-dealkylation sites (tertiary alicyclic amines) is 1. The molecule has 3 saturated carbocycles. The second-order valence-electron chi connectivity index (χ2n) is 9.12. The van der Waals surface area contributed by atoms with Crippen LogP contribution in [-0.2, 0) is 4.79 Å². The molecule has 5 rings (SSSR count). The van der Waals surface area contributed by atoms with Crippen LogP contribution in [0, 0.1) is 17.8 Å². The molecule has 1 atom stereocenters. The van der Waals surface area contributed by atoms with Gasteiger partial charge in [-0.25, -0.2) is 0 Å². The summed E-state index contributed by atoms with van der Waals surface area (Å²) >= 11 is 0. The summed E-state index contributed by atoms with van der Waals surface area (Å²) < 4.78 is 43.6. The van der Waals surface area contributed by atoms with Crippen molar-refractivity contribution in [2.75, 3.05) is 19.6 Å². The number of hydrogen-bond donors (Lipinski definition) is 1. The fraction of sp³-hybridized carbons (Fsp3) is 0.652. The Morgan fingerprint density at radius 3 is 2.39 bits per heavy atom. The minimum atomic E-state index is -4.84. The molecular weight excluding hydrogens is 409 g/mol. The third kappa shape index (κ3) is 5.33. The third-order valence-electron chi connectivity index (χ3n) is 7.09. The first kappa shape index (κ1) is 22.0. The number of halogens is 3. The topological polar surface area (TPSA) is 58.6 Å². The van der Waals surface area contributed by atoms with Gasteiger partial charge in [-0.3, -0.25) is 9.59 Å². The average molecular weight is 438 g/mol. The zero-order valence-electron chi connectivity index (χ0n) is 17.5. The number of amides is 2. The molecule has 0 aromatic heterocycles. The fourth-order valence-electron chi connectivity index (χ4n) is 5.35. The lowest BCUT2D eigenvalue weighted by Crippen LogP contribution is -2.47. The Kier molecular flexibility index (Phi) is 6.44. The second-order valence-corrected chi connectivity index (χ2v) is 9.12. The molecule has 1 aromatic carbocycles. The monoisotopic (exact) mass is 438 g/mol. The molecule has 0 radical (unpaired) electrons. The summed E-state index contributed by atoms with van der Waals surface area (Å²) in [5.74, 6) is 0.718. The number of hydrogen-bond acceptors (Lipinski definition) is 3. The maximum absolute atomic E-state index is 12.6. The van der Waals surface area contributed by atoms with E-state index in [1.807, 2.05) is 0 Å². The van der Waals surface area contributed by atoms with Gasteiger partial charge in [0.2, 0.25) is 0 Å². The summed E-state index contributed by atoms with van der Waals surface area (Å²) in [6.07, 6.45) is 1.95. The molecule has 1 aliphatic heterocycles. The number of carbonyl (C=O) groups excluding carboxylic acids is 2. The lowest BCUT2D eigenvalue weighted by Gasteiger charge is -2.42. The highest BCUT2D eigenvalue weighted by Gasteiger charge is 2.43. The predicted octanol–water partition coefficient (Wildman–Crippen LogP) is 4.17. The first-order valence-electron chi connectivity index (χ1n) is 11.2. The van der Waals surface area contributed by atoms with Crippen molar-refractivity contribution in [2.24, 2.45) is 17.8 Å². The SMILES string of the molecule is O=C(NCC1CC2CCC1CC2)c1cccc(OC2CCN(C(=O)C(F)(F)F)CC2)c1. The van der Waals surface area contributed by atoms with E-state index in [0.29, 0.717) is 36.6 Å². The minimum absolute atomic E-state index is 0.00668. The van der Waals surface area contributed by atoms with Crippen LogP contribution in [0.2, 0.25) is 0 Å². The van der Waals surface area contributed by atoms with Crippen molar-refractivity contribution in [3.8, 4) is 5.75 Å². The van der Waals surface area contributed by atoms with Gasteiger partial charge >= 0.3 is 12.1 Å². The van der Waals surface area contributed by atoms with Crippen molar-refractivity contribution >= 4 is 11.8 Å². The van der Waals surface area contributed by atoms with Gasteiger partial charge in [0.05, 0.1) is 0 Å². The van der Waals surface area contributed by atoms with Gasteiger partial charge in [0.25, 0.3) is 5.91 Å². The van der Waals surface area contributed by atoms with E-state index in [4.69, 9.17) is 4.74 Å². The van der Waals surface area contributed by atoms with Crippen LogP contribution in [0.1, 0.15) is 55.3 Å². The molecule has 8 heteroatoms. The Hall–Kier alpha value is -2.25. The molecule has 1 heterocycles. The van der Waals surface area contributed by atoms with E-state index in [1.54, 1.807) is 24.3 Å². The van der Waals surface area contributed by atoms with Crippen LogP contribution in [0.3, 0.4) is 0 Å². The number of nitrogens with one attached hydrogen (secondary N) is 1. The quantitative estimate of drug-likeness (QED) is 0.751. The maximum Gasteiger partial charge on any atom is 0.471 e. The standard InChI is InChI=1S/C23H29F3N2O3/c24-23(25,26)22(30)28-10-8-19(9-11-28)31-20-3-1-2-17(13-20)21(29)27-14-18-12-15-4-6-16(18)7-5-15/h1-3,13,15-16,18-19H,4-12,14H2,(H,27,29). The number of piperidine rings is 1. The van der Waals surface area contributed by atoms with Crippen LogP contribution in [-0.4, -0.2) is 48.6 Å². The van der Waals surface area contributed by atoms with Crippen molar-refractivity contribution in [3.05, 3.63) is 29.8 Å². The molecular formula is C23H29F3N2O3. The number of benzene rings is 1. The lowest BCUT2D eigenvalue weighted by molar-refractivity contribution is -0.187. The van der Waals surface area contributed by atoms with Gasteiger partial charge in [-0.1, -0.05) is 18.9 Å². The largest absolute Gasteiger partial charge is 0.490 e. The Balaban J connectivity index is 1.26. The van der Waals surface area contributed by atoms with Crippen LogP contribution in [0.25, 0.3) is 0 Å². The molecule has 5 nitrogen and oxygen atoms in total. The maximum atomic E-state index is 12.6. The number of fused-ring (bicyclic) bond motifs is 3. The highest BCUT2D eigenvalue weighted by molar-refractivity contribution is 5.94. The van der Waals surface area contributed by atoms with E-state index in [2.05, 4.69) is 5.32 Å². The van der Waals surface area contributed by atoms with E-state index in [-0.39, 0.29) is 25.1 Å². The molecule has 170 valence electrons. The van der Waals surface area contributed by atoms with Gasteiger partial charge < -0.3 is 15.0 Å². The van der Waals surface area contributed by atoms with Gasteiger partial charge in [-0.2, -0.15) is 13.2 Å². The van der Waals surface area contributed by atoms with E-state index < -0.39 is 12.1 Å². The highest BCUT2D eigenvalue weighted by atomic mass is 19.4. The Morgan fingerprint density at radius 2 is 1.77 bits per heavy atom. The normalized spacial score (nSPS) is 26.5. The molecule has 31 heavy (non-hydrogen) atoms. The van der Waals surface area contributed by atoms with Crippen LogP contribution in [0.5, 0.6) is 5.75 Å². The number of alkyl halides is 3. The third-order valence-corrected chi connectivity index (χ3v) is 7.09. The average Bonchev–Trinajstić information content (AvgIpc) is 2.78. The summed E-state index contributed by atoms with van der Waals surface area (Å²) in [5, 5.41) is 3.07. The summed E-state index contributed by atoms with van der Waals surface area (Å²) in [5.41, 5.74) is 0.517. The summed E-state index contributed by atoms with van der Waals surface area (Å²) in [6, 6.07) is 6.90. The van der Waals surface area contributed by atoms with Gasteiger partial charge in [-0.05, 0) is 55.2 Å². The van der Waals surface area contributed by atoms with E-state index in [1.165, 1.54) is 32.1 Å². The first-order chi connectivity index (χ1) is 14.8. The Morgan fingerprint density at radius 1 is 1.06 bits per heavy atom. The summed E-state index contributed by atoms with van der Waals surface area (Å²) in [4.78, 5) is 24.8. The van der Waals surface area contributed by atoms with Crippen LogP contribution in [0.4, 0.5) is 13.2 Å². The second kappa shape index (κ2) is 9.09. The molecule has 1 unspecified atom stereocenters. The molecule has 1 aromatic rings. The van der Waals surface area contributed by atoms with Gasteiger partial charge in [0.1, 0.15) is 11.9 Å². The van der Waals surface area contributed by atoms with Crippen molar-refractivity contribution in [1.29, 1.82) is 0 Å². The van der Waals surface area contributed by atoms with Crippen LogP contribution >= 0.6 is 0 Å². The van der Waals surface area contributed by atoms with Gasteiger partial charge in [0.15, 0.2) is 0 Å². The number of nitrogens with zero attached hydrogens (tertiary/aromatic N) is 1. The van der Waals surface area contributed by atoms with Gasteiger partial charge in [0, 0.05) is 38.0 Å². The molecule has 1 saturated heterocycles. The van der Waals surface area contributed by atoms with E-state index >= 15 is 0 Å². The van der Waals surface area contributed by atoms with Crippen LogP contribution in [0.15, 0.2) is 24.3 Å². The smallest absolute Gasteiger partial charge is 0.471 e. The van der Waals surface area contributed by atoms with Crippen molar-refractivity contribution < 1.29 is 27.5 Å². The zero-order valence-corrected chi connectivity index (χ0v) is 17.5. The molecule has 0 spiro atoms. The Labute approximate surface area is 180 Å². The lowest BCUT2D eigenvalue weighted by atomic mass is 9.65. The van der Waals surface area contributed by atoms with Crippen molar-refractivity contribution in [1.82, 2.24) is 10.2 Å². The number of carbonyl (C=O) groups is 2. The minimum Gasteiger partial charge on any atom is -0.490 e. The highest BCUT2D eigenvalue weighted by Crippen LogP contribution is 2.44. The number of ether oxygens (including phenoxy) is 1. The molecule has 4 fully saturated rings. The van der Waals surface area contributed by atoms with E-state index in [9.17, 15) is 22.8 Å². The van der Waals surface area contributed by atoms with Crippen LogP contribution < -0.4 is 10.1 Å². The molecule has 2 bridgehead atoms. The molecule has 2 amide bonds. The van der Waals surface area contributed by atoms with Crippen molar-refractivity contribution in [2.45, 2.75) is 57.2 Å². The fourth-order valence-corrected chi connectivity index (χ4v) is 5.35. The first-order valence-corrected chi connectivity index (χ1v) is 11.2. The zero-order chi connectivity index (χ0) is 22.0. The summed E-state index contributed by atoms with van der Waals surface area (Å²) in [6.45, 7) is 0.719. The predicted molar refractivity (Wildman–Crippen MR) is 109 cm³/mol.